The molecule has 1 saturated heterocycles. The van der Waals surface area contributed by atoms with Gasteiger partial charge >= 0.3 is 30.0 Å². The topological polar surface area (TPSA) is 110 Å². The number of likely N-dealkylation sites (tertiary alicyclic amines) is 1. The number of hydrogen-bond donors (Lipinski definition) is 1. The first kappa shape index (κ1) is 19.2. The van der Waals surface area contributed by atoms with Crippen molar-refractivity contribution in [1.82, 2.24) is 25.3 Å². The standard InChI is InChI=1S/C14H14F3N5O4S/c15-14(16,17)12(24)25-13-20-11(26-21-13)10(23)18-5-9-19-8(7-27-9)6-22-3-1-2-4-22/h7H,1-6H2,(H,18,23). The van der Waals surface area contributed by atoms with Crippen LogP contribution >= 0.6 is 11.3 Å². The summed E-state index contributed by atoms with van der Waals surface area (Å²) in [6.07, 6.45) is -2.85. The fourth-order valence-corrected chi connectivity index (χ4v) is 3.11. The van der Waals surface area contributed by atoms with Crippen LogP contribution in [0.5, 0.6) is 6.01 Å². The molecule has 1 N–H and O–H groups in total. The second-order valence-corrected chi connectivity index (χ2v) is 6.61. The first-order chi connectivity index (χ1) is 12.8. The number of alkyl halides is 3. The average molecular weight is 405 g/mol. The van der Waals surface area contributed by atoms with Gasteiger partial charge in [-0.05, 0) is 31.1 Å². The fraction of sp³-hybridized carbons (Fsp3) is 0.500. The van der Waals surface area contributed by atoms with Gasteiger partial charge in [-0.2, -0.15) is 13.2 Å². The van der Waals surface area contributed by atoms with E-state index in [0.717, 1.165) is 25.3 Å². The molecule has 0 radical (unpaired) electrons. The van der Waals surface area contributed by atoms with Crippen LogP contribution < -0.4 is 10.1 Å². The number of carbonyl (C=O) groups excluding carboxylic acids is 2. The lowest BCUT2D eigenvalue weighted by Gasteiger charge is -2.11. The highest BCUT2D eigenvalue weighted by Gasteiger charge is 2.42. The van der Waals surface area contributed by atoms with Crippen molar-refractivity contribution >= 4 is 23.2 Å². The van der Waals surface area contributed by atoms with E-state index in [2.05, 4.69) is 34.6 Å². The summed E-state index contributed by atoms with van der Waals surface area (Å²) in [5.74, 6) is -3.97. The lowest BCUT2D eigenvalue weighted by atomic mass is 10.4. The van der Waals surface area contributed by atoms with Gasteiger partial charge in [0, 0.05) is 11.9 Å². The van der Waals surface area contributed by atoms with E-state index in [1.165, 1.54) is 24.2 Å². The van der Waals surface area contributed by atoms with Crippen LogP contribution in [0.25, 0.3) is 0 Å². The average Bonchev–Trinajstić information content (AvgIpc) is 3.34. The molecular weight excluding hydrogens is 391 g/mol. The molecule has 3 rings (SSSR count). The lowest BCUT2D eigenvalue weighted by Crippen LogP contribution is -2.28. The van der Waals surface area contributed by atoms with Crippen molar-refractivity contribution in [2.75, 3.05) is 13.1 Å². The quantitative estimate of drug-likeness (QED) is 0.721. The Kier molecular flexibility index (Phi) is 5.70. The van der Waals surface area contributed by atoms with Gasteiger partial charge < -0.3 is 14.6 Å². The number of esters is 1. The van der Waals surface area contributed by atoms with Crippen molar-refractivity contribution in [2.24, 2.45) is 0 Å². The maximum absolute atomic E-state index is 12.1. The highest BCUT2D eigenvalue weighted by Crippen LogP contribution is 2.18. The first-order valence-corrected chi connectivity index (χ1v) is 8.76. The molecule has 2 aromatic rings. The van der Waals surface area contributed by atoms with Crippen LogP contribution in [-0.2, 0) is 17.9 Å². The summed E-state index contributed by atoms with van der Waals surface area (Å²) < 4.78 is 44.6. The van der Waals surface area contributed by atoms with Gasteiger partial charge in [0.05, 0.1) is 12.2 Å². The van der Waals surface area contributed by atoms with E-state index in [9.17, 15) is 22.8 Å². The molecule has 1 amide bonds. The van der Waals surface area contributed by atoms with Crippen LogP contribution in [0.4, 0.5) is 13.2 Å². The third kappa shape index (κ3) is 5.23. The molecule has 0 unspecified atom stereocenters. The number of carbonyl (C=O) groups is 2. The van der Waals surface area contributed by atoms with Gasteiger partial charge in [0.25, 0.3) is 0 Å². The monoisotopic (exact) mass is 405 g/mol. The van der Waals surface area contributed by atoms with Gasteiger partial charge in [0.2, 0.25) is 0 Å². The van der Waals surface area contributed by atoms with Gasteiger partial charge in [-0.1, -0.05) is 0 Å². The molecule has 1 aliphatic rings. The molecule has 0 aliphatic carbocycles. The second kappa shape index (κ2) is 8.00. The SMILES string of the molecule is O=C(NCc1nc(CN2CCCC2)cs1)c1nc(OC(=O)C(F)(F)F)no1. The summed E-state index contributed by atoms with van der Waals surface area (Å²) in [4.78, 5) is 32.6. The number of halogens is 3. The third-order valence-electron chi connectivity index (χ3n) is 3.60. The Morgan fingerprint density at radius 3 is 2.74 bits per heavy atom. The minimum absolute atomic E-state index is 0.0869. The van der Waals surface area contributed by atoms with E-state index in [4.69, 9.17) is 0 Å². The first-order valence-electron chi connectivity index (χ1n) is 7.88. The molecule has 27 heavy (non-hydrogen) atoms. The van der Waals surface area contributed by atoms with Crippen molar-refractivity contribution in [3.63, 3.8) is 0 Å². The van der Waals surface area contributed by atoms with E-state index in [-0.39, 0.29) is 6.54 Å². The van der Waals surface area contributed by atoms with Gasteiger partial charge in [-0.25, -0.2) is 9.78 Å². The third-order valence-corrected chi connectivity index (χ3v) is 4.50. The highest BCUT2D eigenvalue weighted by molar-refractivity contribution is 7.09. The zero-order valence-electron chi connectivity index (χ0n) is 13.8. The molecule has 0 bridgehead atoms. The Hall–Kier alpha value is -2.54. The smallest absolute Gasteiger partial charge is 0.382 e. The number of ether oxygens (including phenoxy) is 1. The minimum Gasteiger partial charge on any atom is -0.382 e. The van der Waals surface area contributed by atoms with Crippen molar-refractivity contribution in [2.45, 2.75) is 32.1 Å². The Labute approximate surface area is 154 Å². The molecule has 2 aromatic heterocycles. The molecule has 1 fully saturated rings. The minimum atomic E-state index is -5.21. The van der Waals surface area contributed by atoms with Crippen LogP contribution in [0.3, 0.4) is 0 Å². The van der Waals surface area contributed by atoms with Crippen LogP contribution in [0.1, 0.15) is 34.2 Å². The summed E-state index contributed by atoms with van der Waals surface area (Å²) >= 11 is 1.37. The molecule has 0 aromatic carbocycles. The number of hydrogen-bond acceptors (Lipinski definition) is 9. The van der Waals surface area contributed by atoms with Gasteiger partial charge in [-0.3, -0.25) is 9.69 Å². The summed E-state index contributed by atoms with van der Waals surface area (Å²) in [5, 5.41) is 8.01. The van der Waals surface area contributed by atoms with Crippen molar-refractivity contribution in [1.29, 1.82) is 0 Å². The predicted molar refractivity (Wildman–Crippen MR) is 83.8 cm³/mol. The van der Waals surface area contributed by atoms with Gasteiger partial charge in [-0.15, -0.1) is 16.3 Å². The maximum Gasteiger partial charge on any atom is 0.491 e. The summed E-state index contributed by atoms with van der Waals surface area (Å²) in [5.41, 5.74) is 0.908. The van der Waals surface area contributed by atoms with E-state index < -0.39 is 30.0 Å². The second-order valence-electron chi connectivity index (χ2n) is 5.67. The lowest BCUT2D eigenvalue weighted by molar-refractivity contribution is -0.190. The van der Waals surface area contributed by atoms with Gasteiger partial charge in [0.15, 0.2) is 0 Å². The summed E-state index contributed by atoms with van der Waals surface area (Å²) in [7, 11) is 0. The number of amides is 1. The number of rotatable bonds is 6. The van der Waals surface area contributed by atoms with Crippen molar-refractivity contribution in [3.8, 4) is 6.01 Å². The van der Waals surface area contributed by atoms with Crippen LogP contribution in [0.15, 0.2) is 9.90 Å². The Morgan fingerprint density at radius 2 is 2.04 bits per heavy atom. The van der Waals surface area contributed by atoms with E-state index in [1.807, 2.05) is 5.38 Å². The number of nitrogens with one attached hydrogen (secondary N) is 1. The molecule has 9 nitrogen and oxygen atoms in total. The van der Waals surface area contributed by atoms with E-state index in [0.29, 0.717) is 5.01 Å². The Bertz CT molecular complexity index is 816. The molecule has 0 saturated carbocycles. The predicted octanol–water partition coefficient (Wildman–Crippen LogP) is 1.52. The van der Waals surface area contributed by atoms with Crippen LogP contribution in [0, 0.1) is 0 Å². The number of nitrogens with zero attached hydrogens (tertiary/aromatic N) is 4. The van der Waals surface area contributed by atoms with E-state index >= 15 is 0 Å². The zero-order valence-corrected chi connectivity index (χ0v) is 14.6. The maximum atomic E-state index is 12.1. The number of aromatic nitrogens is 3. The Morgan fingerprint density at radius 1 is 1.30 bits per heavy atom. The summed E-state index contributed by atoms with van der Waals surface area (Å²) in [6.45, 7) is 2.93. The molecule has 1 aliphatic heterocycles. The van der Waals surface area contributed by atoms with Crippen molar-refractivity contribution < 1.29 is 32.0 Å². The molecule has 146 valence electrons. The number of thiazole rings is 1. The fourth-order valence-electron chi connectivity index (χ4n) is 2.39. The van der Waals surface area contributed by atoms with Crippen LogP contribution in [0.2, 0.25) is 0 Å². The Balaban J connectivity index is 1.49. The molecular formula is C14H14F3N5O4S. The highest BCUT2D eigenvalue weighted by atomic mass is 32.1. The zero-order chi connectivity index (χ0) is 19.4. The van der Waals surface area contributed by atoms with Crippen molar-refractivity contribution in [3.05, 3.63) is 22.0 Å². The molecule has 0 spiro atoms. The van der Waals surface area contributed by atoms with Gasteiger partial charge in [0.1, 0.15) is 5.01 Å². The largest absolute Gasteiger partial charge is 0.491 e. The molecule has 0 atom stereocenters. The normalized spacial score (nSPS) is 15.1. The van der Waals surface area contributed by atoms with Crippen LogP contribution in [-0.4, -0.2) is 51.2 Å². The summed E-state index contributed by atoms with van der Waals surface area (Å²) in [6, 6.07) is -0.996. The molecule has 13 heteroatoms. The van der Waals surface area contributed by atoms with E-state index in [1.54, 1.807) is 0 Å². The molecule has 3 heterocycles.